The van der Waals surface area contributed by atoms with E-state index in [1.165, 1.54) is 45.1 Å². The molecule has 0 aliphatic heterocycles. The number of rotatable bonds is 14. The number of anilines is 1. The first-order valence-corrected chi connectivity index (χ1v) is 20.8. The number of urea groups is 1. The van der Waals surface area contributed by atoms with E-state index in [2.05, 4.69) is 25.1 Å². The molecule has 2 unspecified atom stereocenters. The van der Waals surface area contributed by atoms with Gasteiger partial charge in [-0.2, -0.15) is 23.5 Å². The largest absolute Gasteiger partial charge is 0.481 e. The molecule has 0 radical (unpaired) electrons. The molecule has 2 atom stereocenters. The highest BCUT2D eigenvalue weighted by atomic mass is 35.5. The third-order valence-electron chi connectivity index (χ3n) is 6.83. The van der Waals surface area contributed by atoms with Crippen LogP contribution in [0, 0.1) is 10.1 Å². The van der Waals surface area contributed by atoms with Crippen LogP contribution in [0.15, 0.2) is 47.5 Å². The Labute approximate surface area is 354 Å². The molecule has 326 valence electrons. The number of hydrogen-bond donors (Lipinski definition) is 6. The summed E-state index contributed by atoms with van der Waals surface area (Å²) >= 11 is 17.4. The van der Waals surface area contributed by atoms with Gasteiger partial charge in [0, 0.05) is 37.0 Å². The Bertz CT molecular complexity index is 2390. The summed E-state index contributed by atoms with van der Waals surface area (Å²) in [5.74, 6) is -3.32. The predicted octanol–water partition coefficient (Wildman–Crippen LogP) is 4.26. The molecule has 0 bridgehead atoms. The van der Waals surface area contributed by atoms with Gasteiger partial charge in [0.1, 0.15) is 28.7 Å². The Morgan fingerprint density at radius 1 is 1.02 bits per heavy atom. The fourth-order valence-electron chi connectivity index (χ4n) is 4.13. The van der Waals surface area contributed by atoms with Crippen LogP contribution in [-0.2, 0) is 31.2 Å². The first kappa shape index (κ1) is 50.3. The average Bonchev–Trinajstić information content (AvgIpc) is 3.48. The molecule has 2 heterocycles. The quantitative estimate of drug-likeness (QED) is 0.0445. The molecule has 0 aliphatic rings. The molecule has 7 N–H and O–H groups in total. The zero-order chi connectivity index (χ0) is 45.7. The number of hydrogen-bond acceptors (Lipinski definition) is 17. The number of nitro groups is 1. The highest BCUT2D eigenvalue weighted by Crippen LogP contribution is 2.36. The van der Waals surface area contributed by atoms with Crippen molar-refractivity contribution < 1.29 is 71.1 Å². The highest BCUT2D eigenvalue weighted by Gasteiger charge is 2.32. The van der Waals surface area contributed by atoms with E-state index in [1.54, 1.807) is 16.9 Å². The van der Waals surface area contributed by atoms with Crippen LogP contribution in [-0.4, -0.2) is 112 Å². The number of aliphatic carboxylic acids is 1. The molecule has 24 nitrogen and oxygen atoms in total. The van der Waals surface area contributed by atoms with E-state index in [-0.39, 0.29) is 52.3 Å². The number of esters is 1. The number of nitrogens with one attached hydrogen (secondary N) is 2. The molecule has 0 spiro atoms. The van der Waals surface area contributed by atoms with Gasteiger partial charge in [-0.1, -0.05) is 34.8 Å². The standard InChI is InChI=1S/C14H9Cl2NO5.C12H13ClN6O7S.C5H12NO4P/c1-21-14(18)10-7-9(3-4-12(10)17(19)20)22-13-5-2-8(15)6-11(13)16;1-19-9(7(10(20)21)8(13)17-19)27(23,24)18-12(22)16-11-14-5(25-2)4-6(15-11)26-3;1-11(9,10)3-2-4(6)5(7)8/h2-7H,1H3;4H,1-3H3,(H,20,21)(H2,14,15,16,18,22);4H,2-3,6H2,1H3,(H,7,8)(H,9,10). The summed E-state index contributed by atoms with van der Waals surface area (Å²) in [6, 6.07) is 7.38. The van der Waals surface area contributed by atoms with E-state index in [9.17, 15) is 42.3 Å². The number of benzene rings is 2. The van der Waals surface area contributed by atoms with Crippen molar-refractivity contribution >= 4 is 87.8 Å². The van der Waals surface area contributed by atoms with Gasteiger partial charge in [-0.15, -0.1) is 0 Å². The van der Waals surface area contributed by atoms with Gasteiger partial charge in [-0.25, -0.2) is 19.1 Å². The van der Waals surface area contributed by atoms with Crippen LogP contribution in [0.1, 0.15) is 27.1 Å². The van der Waals surface area contributed by atoms with Crippen molar-refractivity contribution in [3.05, 3.63) is 78.9 Å². The number of sulfonamides is 1. The summed E-state index contributed by atoms with van der Waals surface area (Å²) in [5.41, 5.74) is 3.73. The molecule has 60 heavy (non-hydrogen) atoms. The Hall–Kier alpha value is -5.82. The third-order valence-corrected chi connectivity index (χ3v) is 10.1. The number of aromatic nitrogens is 4. The normalized spacial score (nSPS) is 12.1. The topological polar surface area (TPSA) is 354 Å². The lowest BCUT2D eigenvalue weighted by molar-refractivity contribution is -0.385. The maximum absolute atomic E-state index is 12.4. The van der Waals surface area contributed by atoms with Crippen molar-refractivity contribution in [2.45, 2.75) is 17.5 Å². The molecule has 0 saturated carbocycles. The van der Waals surface area contributed by atoms with Crippen LogP contribution in [0.3, 0.4) is 0 Å². The minimum absolute atomic E-state index is 0.0412. The van der Waals surface area contributed by atoms with E-state index in [0.717, 1.165) is 20.2 Å². The summed E-state index contributed by atoms with van der Waals surface area (Å²) in [6.07, 6.45) is 0.0000772. The third kappa shape index (κ3) is 15.1. The molecule has 29 heteroatoms. The second-order valence-electron chi connectivity index (χ2n) is 11.3. The Morgan fingerprint density at radius 3 is 2.10 bits per heavy atom. The number of halogens is 3. The number of carbonyl (C=O) groups is 4. The lowest BCUT2D eigenvalue weighted by Crippen LogP contribution is -2.36. The number of methoxy groups -OCH3 is 3. The molecular weight excluding hydrogens is 910 g/mol. The lowest BCUT2D eigenvalue weighted by atomic mass is 10.1. The number of nitro benzene ring substituents is 1. The summed E-state index contributed by atoms with van der Waals surface area (Å²) in [4.78, 5) is 71.6. The van der Waals surface area contributed by atoms with Crippen LogP contribution < -0.4 is 30.0 Å². The molecule has 0 saturated heterocycles. The van der Waals surface area contributed by atoms with Crippen molar-refractivity contribution in [1.29, 1.82) is 0 Å². The number of carboxylic acids is 2. The Balaban J connectivity index is 0.000000337. The molecule has 0 aliphatic carbocycles. The fourth-order valence-corrected chi connectivity index (χ4v) is 6.91. The number of aromatic carboxylic acids is 1. The van der Waals surface area contributed by atoms with E-state index in [0.29, 0.717) is 15.5 Å². The number of carbonyl (C=O) groups excluding carboxylic acids is 2. The molecule has 2 aromatic heterocycles. The second kappa shape index (κ2) is 22.0. The fraction of sp³-hybridized carbons (Fsp3) is 0.258. The molecule has 2 aromatic carbocycles. The van der Waals surface area contributed by atoms with E-state index < -0.39 is 68.0 Å². The van der Waals surface area contributed by atoms with Crippen molar-refractivity contribution in [3.63, 3.8) is 0 Å². The number of amides is 2. The van der Waals surface area contributed by atoms with Gasteiger partial charge in [-0.05, 0) is 30.7 Å². The molecule has 2 amide bonds. The zero-order valence-corrected chi connectivity index (χ0v) is 35.5. The number of aryl methyl sites for hydroxylation is 1. The maximum atomic E-state index is 12.4. The van der Waals surface area contributed by atoms with E-state index in [4.69, 9.17) is 69.9 Å². The Kier molecular flexibility index (Phi) is 18.4. The summed E-state index contributed by atoms with van der Waals surface area (Å²) < 4.78 is 57.6. The second-order valence-corrected chi connectivity index (χ2v) is 16.7. The van der Waals surface area contributed by atoms with Gasteiger partial charge < -0.3 is 39.8 Å². The summed E-state index contributed by atoms with van der Waals surface area (Å²) in [5, 5.41) is 33.3. The molecule has 0 fully saturated rings. The molecule has 4 aromatic rings. The van der Waals surface area contributed by atoms with Gasteiger partial charge >= 0.3 is 23.9 Å². The van der Waals surface area contributed by atoms with Crippen LogP contribution in [0.2, 0.25) is 15.2 Å². The number of ether oxygens (including phenoxy) is 4. The first-order valence-electron chi connectivity index (χ1n) is 15.9. The van der Waals surface area contributed by atoms with E-state index >= 15 is 0 Å². The Morgan fingerprint density at radius 2 is 1.62 bits per heavy atom. The zero-order valence-electron chi connectivity index (χ0n) is 31.5. The number of nitrogens with two attached hydrogens (primary N) is 1. The maximum Gasteiger partial charge on any atom is 0.345 e. The van der Waals surface area contributed by atoms with Crippen molar-refractivity contribution in [2.75, 3.05) is 39.5 Å². The SMILES string of the molecule is COC(=O)c1cc(Oc2ccc(Cl)cc2Cl)ccc1[N+](=O)[O-].COc1cc(OC)nc(NC(=O)NS(=O)(=O)c2c(C(=O)O)c(Cl)nn2C)n1.CP(=O)(O)CCC(N)C(=O)O. The van der Waals surface area contributed by atoms with Gasteiger partial charge in [0.05, 0.1) is 37.3 Å². The van der Waals surface area contributed by atoms with Crippen LogP contribution in [0.25, 0.3) is 0 Å². The minimum atomic E-state index is -4.64. The predicted molar refractivity (Wildman–Crippen MR) is 211 cm³/mol. The minimum Gasteiger partial charge on any atom is -0.481 e. The summed E-state index contributed by atoms with van der Waals surface area (Å²) in [6.45, 7) is 1.18. The van der Waals surface area contributed by atoms with Gasteiger partial charge in [-0.3, -0.25) is 29.5 Å². The number of nitrogens with zero attached hydrogens (tertiary/aromatic N) is 5. The van der Waals surface area contributed by atoms with Crippen LogP contribution in [0.5, 0.6) is 23.3 Å². The van der Waals surface area contributed by atoms with Crippen LogP contribution in [0.4, 0.5) is 16.4 Å². The van der Waals surface area contributed by atoms with Crippen molar-refractivity contribution in [2.24, 2.45) is 12.8 Å². The number of carboxylic acid groups (broad SMARTS) is 2. The van der Waals surface area contributed by atoms with Gasteiger partial charge in [0.2, 0.25) is 17.7 Å². The van der Waals surface area contributed by atoms with Crippen molar-refractivity contribution in [3.8, 4) is 23.3 Å². The molecular formula is C31H34Cl3N8O16PS. The average molecular weight is 944 g/mol. The lowest BCUT2D eigenvalue weighted by Gasteiger charge is -2.10. The highest BCUT2D eigenvalue weighted by molar-refractivity contribution is 7.90. The first-order chi connectivity index (χ1) is 27.8. The van der Waals surface area contributed by atoms with Gasteiger partial charge in [0.25, 0.3) is 15.7 Å². The van der Waals surface area contributed by atoms with Crippen LogP contribution >= 0.6 is 42.2 Å². The van der Waals surface area contributed by atoms with Gasteiger partial charge in [0.15, 0.2) is 17.5 Å². The smallest absolute Gasteiger partial charge is 0.345 e. The van der Waals surface area contributed by atoms with E-state index in [1.807, 2.05) is 0 Å². The monoisotopic (exact) mass is 942 g/mol. The van der Waals surface area contributed by atoms with Crippen molar-refractivity contribution in [1.82, 2.24) is 24.5 Å². The summed E-state index contributed by atoms with van der Waals surface area (Å²) in [7, 11) is -2.83. The molecule has 4 rings (SSSR count).